The molecule has 32 heavy (non-hydrogen) atoms. The van der Waals surface area contributed by atoms with E-state index in [9.17, 15) is 0 Å². The Morgan fingerprint density at radius 1 is 1.19 bits per heavy atom. The van der Waals surface area contributed by atoms with E-state index in [4.69, 9.17) is 4.74 Å². The van der Waals surface area contributed by atoms with Crippen LogP contribution in [0.2, 0.25) is 0 Å². The van der Waals surface area contributed by atoms with Crippen LogP contribution in [0.25, 0.3) is 11.3 Å². The zero-order valence-electron chi connectivity index (χ0n) is 19.3. The smallest absolute Gasteiger partial charge is 0.115 e. The topological polar surface area (TPSA) is 55.2 Å². The van der Waals surface area contributed by atoms with Gasteiger partial charge in [0.2, 0.25) is 0 Å². The maximum atomic E-state index is 5.92. The molecule has 1 aliphatic rings. The van der Waals surface area contributed by atoms with E-state index in [1.807, 2.05) is 61.4 Å². The van der Waals surface area contributed by atoms with Gasteiger partial charge in [-0.15, -0.1) is 5.10 Å². The van der Waals surface area contributed by atoms with Crippen LogP contribution in [0.5, 0.6) is 0 Å². The van der Waals surface area contributed by atoms with E-state index in [0.717, 1.165) is 47.8 Å². The summed E-state index contributed by atoms with van der Waals surface area (Å²) in [4.78, 5) is 2.09. The number of hydrogen-bond donors (Lipinski definition) is 1. The largest absolute Gasteiger partial charge is 0.377 e. The number of aromatic nitrogens is 3. The second-order valence-corrected chi connectivity index (χ2v) is 9.27. The lowest BCUT2D eigenvalue weighted by Gasteiger charge is -2.16. The molecular formula is C26H31N5O. The van der Waals surface area contributed by atoms with Crippen LogP contribution in [-0.2, 0) is 11.3 Å². The zero-order chi connectivity index (χ0) is 22.6. The van der Waals surface area contributed by atoms with Gasteiger partial charge in [-0.1, -0.05) is 49.1 Å². The molecule has 0 amide bonds. The molecule has 0 aliphatic carbocycles. The lowest BCUT2D eigenvalue weighted by atomic mass is 9.91. The fraction of sp³-hybridized carbons (Fsp3) is 0.385. The molecule has 0 spiro atoms. The van der Waals surface area contributed by atoms with Crippen molar-refractivity contribution >= 4 is 11.4 Å². The summed E-state index contributed by atoms with van der Waals surface area (Å²) in [5.74, 6) is 6.45. The molecule has 1 atom stereocenters. The second-order valence-electron chi connectivity index (χ2n) is 9.27. The molecule has 2 heterocycles. The van der Waals surface area contributed by atoms with Crippen LogP contribution in [0.15, 0.2) is 54.7 Å². The van der Waals surface area contributed by atoms with Gasteiger partial charge >= 0.3 is 0 Å². The van der Waals surface area contributed by atoms with Gasteiger partial charge in [-0.3, -0.25) is 0 Å². The first kappa shape index (κ1) is 21.9. The van der Waals surface area contributed by atoms with E-state index in [0.29, 0.717) is 6.54 Å². The highest BCUT2D eigenvalue weighted by molar-refractivity contribution is 5.77. The standard InChI is InChI=1S/C26H31N5O/c1-26(2)16-22(32-19-26)17-31-18-24(28-29-31)23-13-12-20(15-25(23)30(3)4)9-8-14-27-21-10-6-5-7-11-21/h5-7,10-13,15,18,22,27H,14,16-17,19H2,1-4H3. The fourth-order valence-electron chi connectivity index (χ4n) is 3.96. The van der Waals surface area contributed by atoms with Gasteiger partial charge in [0.1, 0.15) is 5.69 Å². The maximum absolute atomic E-state index is 5.92. The number of ether oxygens (including phenoxy) is 1. The molecule has 1 fully saturated rings. The van der Waals surface area contributed by atoms with Gasteiger partial charge in [0.05, 0.1) is 32.0 Å². The van der Waals surface area contributed by atoms with Gasteiger partial charge in [0.25, 0.3) is 0 Å². The van der Waals surface area contributed by atoms with Crippen molar-refractivity contribution in [3.8, 4) is 23.1 Å². The van der Waals surface area contributed by atoms with Crippen LogP contribution in [-0.4, -0.2) is 48.3 Å². The molecule has 166 valence electrons. The normalized spacial score (nSPS) is 16.9. The summed E-state index contributed by atoms with van der Waals surface area (Å²) in [7, 11) is 4.07. The third-order valence-corrected chi connectivity index (χ3v) is 5.56. The molecule has 0 bridgehead atoms. The second kappa shape index (κ2) is 9.46. The highest BCUT2D eigenvalue weighted by Crippen LogP contribution is 2.33. The van der Waals surface area contributed by atoms with Gasteiger partial charge in [0.15, 0.2) is 0 Å². The third-order valence-electron chi connectivity index (χ3n) is 5.56. The van der Waals surface area contributed by atoms with Gasteiger partial charge in [-0.25, -0.2) is 4.68 Å². The molecule has 1 aliphatic heterocycles. The average Bonchev–Trinajstić information content (AvgIpc) is 3.37. The summed E-state index contributed by atoms with van der Waals surface area (Å²) < 4.78 is 7.82. The van der Waals surface area contributed by atoms with Crippen molar-refractivity contribution in [2.24, 2.45) is 5.41 Å². The Morgan fingerprint density at radius 2 is 2.00 bits per heavy atom. The Bertz CT molecular complexity index is 1110. The molecule has 1 unspecified atom stereocenters. The molecule has 0 saturated carbocycles. The third kappa shape index (κ3) is 5.49. The number of benzene rings is 2. The maximum Gasteiger partial charge on any atom is 0.115 e. The van der Waals surface area contributed by atoms with Gasteiger partial charge in [-0.2, -0.15) is 0 Å². The first-order chi connectivity index (χ1) is 15.4. The van der Waals surface area contributed by atoms with Crippen molar-refractivity contribution in [1.82, 2.24) is 15.0 Å². The fourth-order valence-corrected chi connectivity index (χ4v) is 3.96. The average molecular weight is 430 g/mol. The van der Waals surface area contributed by atoms with Crippen molar-refractivity contribution in [2.45, 2.75) is 32.9 Å². The van der Waals surface area contributed by atoms with Crippen molar-refractivity contribution < 1.29 is 4.74 Å². The minimum absolute atomic E-state index is 0.190. The molecular weight excluding hydrogens is 398 g/mol. The zero-order valence-corrected chi connectivity index (χ0v) is 19.3. The SMILES string of the molecule is CN(C)c1cc(C#CCNc2ccccc2)ccc1-c1cn(CC2CC(C)(C)CO2)nn1. The number of anilines is 2. The van der Waals surface area contributed by atoms with Crippen LogP contribution in [0.4, 0.5) is 11.4 Å². The quantitative estimate of drug-likeness (QED) is 0.593. The van der Waals surface area contributed by atoms with Crippen LogP contribution >= 0.6 is 0 Å². The number of nitrogens with zero attached hydrogens (tertiary/aromatic N) is 4. The van der Waals surface area contributed by atoms with Crippen LogP contribution in [0.1, 0.15) is 25.8 Å². The summed E-state index contributed by atoms with van der Waals surface area (Å²) in [6.45, 7) is 6.60. The Balaban J connectivity index is 1.46. The Morgan fingerprint density at radius 3 is 2.72 bits per heavy atom. The Hall–Kier alpha value is -3.30. The first-order valence-electron chi connectivity index (χ1n) is 11.0. The summed E-state index contributed by atoms with van der Waals surface area (Å²) >= 11 is 0. The summed E-state index contributed by atoms with van der Waals surface area (Å²) in [6, 6.07) is 16.3. The van der Waals surface area contributed by atoms with Gasteiger partial charge in [-0.05, 0) is 42.2 Å². The van der Waals surface area contributed by atoms with Crippen LogP contribution in [0.3, 0.4) is 0 Å². The molecule has 4 rings (SSSR count). The molecule has 2 aromatic carbocycles. The monoisotopic (exact) mass is 429 g/mol. The minimum Gasteiger partial charge on any atom is -0.377 e. The highest BCUT2D eigenvalue weighted by Gasteiger charge is 2.32. The predicted molar refractivity (Wildman–Crippen MR) is 130 cm³/mol. The van der Waals surface area contributed by atoms with E-state index < -0.39 is 0 Å². The minimum atomic E-state index is 0.190. The van der Waals surface area contributed by atoms with Crippen molar-refractivity contribution in [3.05, 3.63) is 60.3 Å². The van der Waals surface area contributed by atoms with Crippen LogP contribution in [0, 0.1) is 17.3 Å². The van der Waals surface area contributed by atoms with Crippen molar-refractivity contribution in [2.75, 3.05) is 37.5 Å². The lowest BCUT2D eigenvalue weighted by Crippen LogP contribution is -2.16. The molecule has 1 N–H and O–H groups in total. The van der Waals surface area contributed by atoms with Gasteiger partial charge in [0, 0.05) is 36.6 Å². The molecule has 6 heteroatoms. The lowest BCUT2D eigenvalue weighted by molar-refractivity contribution is 0.0848. The van der Waals surface area contributed by atoms with Gasteiger partial charge < -0.3 is 15.0 Å². The van der Waals surface area contributed by atoms with E-state index in [2.05, 4.69) is 58.3 Å². The highest BCUT2D eigenvalue weighted by atomic mass is 16.5. The number of hydrogen-bond acceptors (Lipinski definition) is 5. The summed E-state index contributed by atoms with van der Waals surface area (Å²) in [5.41, 5.74) is 5.25. The predicted octanol–water partition coefficient (Wildman–Crippen LogP) is 4.29. The molecule has 3 aromatic rings. The van der Waals surface area contributed by atoms with Crippen LogP contribution < -0.4 is 10.2 Å². The Kier molecular flexibility index (Phi) is 6.48. The van der Waals surface area contributed by atoms with Crippen molar-refractivity contribution in [3.63, 3.8) is 0 Å². The molecule has 6 nitrogen and oxygen atoms in total. The summed E-state index contributed by atoms with van der Waals surface area (Å²) in [6.07, 6.45) is 3.24. The summed E-state index contributed by atoms with van der Waals surface area (Å²) in [5, 5.41) is 12.1. The van der Waals surface area contributed by atoms with E-state index in [1.165, 1.54) is 0 Å². The molecule has 0 radical (unpaired) electrons. The van der Waals surface area contributed by atoms with E-state index >= 15 is 0 Å². The Labute approximate surface area is 190 Å². The number of rotatable bonds is 6. The van der Waals surface area contributed by atoms with E-state index in [-0.39, 0.29) is 11.5 Å². The first-order valence-corrected chi connectivity index (χ1v) is 11.0. The molecule has 1 aromatic heterocycles. The molecule has 1 saturated heterocycles. The van der Waals surface area contributed by atoms with Crippen molar-refractivity contribution in [1.29, 1.82) is 0 Å². The van der Waals surface area contributed by atoms with E-state index in [1.54, 1.807) is 0 Å². The number of nitrogens with one attached hydrogen (secondary N) is 1. The number of para-hydroxylation sites is 1.